The van der Waals surface area contributed by atoms with E-state index in [1.54, 1.807) is 24.3 Å². The first-order valence-corrected chi connectivity index (χ1v) is 16.1. The predicted octanol–water partition coefficient (Wildman–Crippen LogP) is 6.63. The molecule has 4 rings (SSSR count). The third kappa shape index (κ3) is 6.79. The van der Waals surface area contributed by atoms with Gasteiger partial charge >= 0.3 is 20.2 Å². The van der Waals surface area contributed by atoms with E-state index in [1.165, 1.54) is 30.3 Å². The van der Waals surface area contributed by atoms with E-state index >= 15 is 0 Å². The number of hydrogen-bond acceptors (Lipinski definition) is 7. The van der Waals surface area contributed by atoms with E-state index in [9.17, 15) is 16.8 Å². The van der Waals surface area contributed by atoms with Crippen LogP contribution in [0.15, 0.2) is 94.7 Å². The maximum Gasteiger partial charge on any atom is 0.339 e. The van der Waals surface area contributed by atoms with Crippen molar-refractivity contribution in [2.45, 2.75) is 30.2 Å². The van der Waals surface area contributed by atoms with Gasteiger partial charge < -0.3 is 13.1 Å². The normalized spacial score (nSPS) is 11.7. The zero-order valence-electron chi connectivity index (χ0n) is 20.2. The molecule has 11 heteroatoms. The maximum atomic E-state index is 13.1. The second-order valence-electron chi connectivity index (χ2n) is 8.31. The lowest BCUT2D eigenvalue weighted by molar-refractivity contribution is 0.299. The Morgan fingerprint density at radius 3 is 1.47 bits per heavy atom. The summed E-state index contributed by atoms with van der Waals surface area (Å²) in [5.41, 5.74) is 2.65. The van der Waals surface area contributed by atoms with Crippen molar-refractivity contribution in [2.75, 3.05) is 0 Å². The molecule has 0 aromatic heterocycles. The number of hydrogen-bond donors (Lipinski definition) is 0. The summed E-state index contributed by atoms with van der Waals surface area (Å²) < 4.78 is 70.0. The molecule has 198 valence electrons. The summed E-state index contributed by atoms with van der Waals surface area (Å²) in [5.74, 6) is -0.00622. The minimum Gasteiger partial charge on any atom is -0.486 e. The molecule has 0 bridgehead atoms. The Hall–Kier alpha value is -2.36. The number of aryl methyl sites for hydroxylation is 2. The van der Waals surface area contributed by atoms with E-state index in [0.717, 1.165) is 16.7 Å². The van der Waals surface area contributed by atoms with Gasteiger partial charge in [0.05, 0.1) is 0 Å². The Bertz CT molecular complexity index is 1550. The fourth-order valence-corrected chi connectivity index (χ4v) is 7.35. The molecule has 0 atom stereocenters. The zero-order valence-corrected chi connectivity index (χ0v) is 26.2. The summed E-state index contributed by atoms with van der Waals surface area (Å²) in [6.07, 6.45) is 0. The molecule has 0 fully saturated rings. The molecule has 0 aliphatic heterocycles. The van der Waals surface area contributed by atoms with Gasteiger partial charge in [0, 0.05) is 6.07 Å². The molecule has 0 spiro atoms. The van der Waals surface area contributed by atoms with Gasteiger partial charge in [-0.1, -0.05) is 65.7 Å². The van der Waals surface area contributed by atoms with Crippen LogP contribution < -0.4 is 13.1 Å². The molecule has 7 nitrogen and oxygen atoms in total. The molecule has 0 aliphatic carbocycles. The molecule has 0 saturated heterocycles. The van der Waals surface area contributed by atoms with Crippen molar-refractivity contribution in [3.05, 3.63) is 109 Å². The van der Waals surface area contributed by atoms with Crippen molar-refractivity contribution < 1.29 is 29.9 Å². The van der Waals surface area contributed by atoms with Crippen LogP contribution in [0.5, 0.6) is 17.2 Å². The van der Waals surface area contributed by atoms with Crippen molar-refractivity contribution in [1.29, 1.82) is 0 Å². The molecular weight excluding hydrogens is 754 g/mol. The van der Waals surface area contributed by atoms with Gasteiger partial charge in [0.1, 0.15) is 23.5 Å². The van der Waals surface area contributed by atoms with Gasteiger partial charge in [0.2, 0.25) is 0 Å². The molecule has 0 heterocycles. The zero-order chi connectivity index (χ0) is 27.5. The van der Waals surface area contributed by atoms with Gasteiger partial charge in [0.15, 0.2) is 17.2 Å². The van der Waals surface area contributed by atoms with Crippen molar-refractivity contribution in [1.82, 2.24) is 0 Å². The standard InChI is InChI=1S/C27H22I2O7S2/c1-18-8-12-21(13-9-18)37(30,31)35-23-16-24(36-38(32,33)22-14-10-19(2)11-15-22)26(29)27(25(23)28)34-17-20-6-4-3-5-7-20/h3-16H,17H2,1-2H3. The first kappa shape index (κ1) is 28.6. The van der Waals surface area contributed by atoms with Gasteiger partial charge in [0.25, 0.3) is 0 Å². The largest absolute Gasteiger partial charge is 0.486 e. The van der Waals surface area contributed by atoms with E-state index in [2.05, 4.69) is 0 Å². The highest BCUT2D eigenvalue weighted by Crippen LogP contribution is 2.43. The lowest BCUT2D eigenvalue weighted by Gasteiger charge is -2.18. The summed E-state index contributed by atoms with van der Waals surface area (Å²) in [7, 11) is -8.47. The number of rotatable bonds is 9. The summed E-state index contributed by atoms with van der Waals surface area (Å²) in [6.45, 7) is 3.84. The predicted molar refractivity (Wildman–Crippen MR) is 161 cm³/mol. The van der Waals surface area contributed by atoms with Crippen LogP contribution in [-0.4, -0.2) is 16.8 Å². The monoisotopic (exact) mass is 776 g/mol. The van der Waals surface area contributed by atoms with E-state index in [0.29, 0.717) is 7.14 Å². The Morgan fingerprint density at radius 1 is 0.632 bits per heavy atom. The highest BCUT2D eigenvalue weighted by Gasteiger charge is 2.27. The quantitative estimate of drug-likeness (QED) is 0.139. The molecule has 0 unspecified atom stereocenters. The van der Waals surface area contributed by atoms with Crippen molar-refractivity contribution in [3.63, 3.8) is 0 Å². The molecular formula is C27H22I2O7S2. The highest BCUT2D eigenvalue weighted by atomic mass is 127. The number of benzene rings is 4. The Balaban J connectivity index is 1.76. The van der Waals surface area contributed by atoms with Gasteiger partial charge in [-0.2, -0.15) is 16.8 Å². The second-order valence-corrected chi connectivity index (χ2v) is 13.6. The first-order valence-electron chi connectivity index (χ1n) is 11.2. The Labute approximate surface area is 249 Å². The second kappa shape index (κ2) is 11.8. The van der Waals surface area contributed by atoms with E-state index < -0.39 is 20.2 Å². The Kier molecular flexibility index (Phi) is 8.89. The fraction of sp³-hybridized carbons (Fsp3) is 0.111. The van der Waals surface area contributed by atoms with Crippen molar-refractivity contribution in [3.8, 4) is 17.2 Å². The van der Waals surface area contributed by atoms with Crippen LogP contribution in [-0.2, 0) is 26.8 Å². The van der Waals surface area contributed by atoms with Crippen LogP contribution >= 0.6 is 45.2 Å². The van der Waals surface area contributed by atoms with Crippen LogP contribution in [0.1, 0.15) is 16.7 Å². The third-order valence-corrected chi connectivity index (χ3v) is 9.88. The molecule has 0 aliphatic rings. The van der Waals surface area contributed by atoms with E-state index in [-0.39, 0.29) is 33.6 Å². The molecule has 38 heavy (non-hydrogen) atoms. The third-order valence-electron chi connectivity index (χ3n) is 5.34. The van der Waals surface area contributed by atoms with Crippen molar-refractivity contribution in [2.24, 2.45) is 0 Å². The summed E-state index contributed by atoms with van der Waals surface area (Å²) >= 11 is 3.84. The van der Waals surface area contributed by atoms with E-state index in [1.807, 2.05) is 89.4 Å². The lowest BCUT2D eigenvalue weighted by atomic mass is 10.2. The topological polar surface area (TPSA) is 96.0 Å². The highest BCUT2D eigenvalue weighted by molar-refractivity contribution is 14.1. The molecule has 0 saturated carbocycles. The van der Waals surface area contributed by atoms with Gasteiger partial charge in [-0.15, -0.1) is 0 Å². The average molecular weight is 776 g/mol. The van der Waals surface area contributed by atoms with Crippen molar-refractivity contribution >= 4 is 65.4 Å². The Morgan fingerprint density at radius 2 is 1.05 bits per heavy atom. The smallest absolute Gasteiger partial charge is 0.339 e. The number of halogens is 2. The summed E-state index contributed by atoms with van der Waals surface area (Å²) in [6, 6.07) is 23.0. The summed E-state index contributed by atoms with van der Waals surface area (Å²) in [4.78, 5) is -0.0853. The molecule has 4 aromatic rings. The molecule has 4 aromatic carbocycles. The first-order chi connectivity index (χ1) is 18.0. The minimum absolute atomic E-state index is 0.0426. The van der Waals surface area contributed by atoms with Crippen LogP contribution in [0.2, 0.25) is 0 Å². The molecule has 0 N–H and O–H groups in total. The number of ether oxygens (including phenoxy) is 1. The molecule has 0 amide bonds. The summed E-state index contributed by atoms with van der Waals surface area (Å²) in [5, 5.41) is 0. The average Bonchev–Trinajstić information content (AvgIpc) is 2.88. The maximum absolute atomic E-state index is 13.1. The fourth-order valence-electron chi connectivity index (χ4n) is 3.29. The van der Waals surface area contributed by atoms with Gasteiger partial charge in [-0.3, -0.25) is 0 Å². The van der Waals surface area contributed by atoms with Gasteiger partial charge in [-0.25, -0.2) is 0 Å². The van der Waals surface area contributed by atoms with Crippen LogP contribution in [0, 0.1) is 21.0 Å². The lowest BCUT2D eigenvalue weighted by Crippen LogP contribution is -2.14. The minimum atomic E-state index is -4.23. The van der Waals surface area contributed by atoms with E-state index in [4.69, 9.17) is 13.1 Å². The van der Waals surface area contributed by atoms with Crippen LogP contribution in [0.3, 0.4) is 0 Å². The SMILES string of the molecule is Cc1ccc(S(=O)(=O)Oc2cc(OS(=O)(=O)c3ccc(C)cc3)c(I)c(OCc3ccccc3)c2I)cc1. The molecule has 0 radical (unpaired) electrons. The van der Waals surface area contributed by atoms with Crippen LogP contribution in [0.4, 0.5) is 0 Å². The van der Waals surface area contributed by atoms with Crippen LogP contribution in [0.25, 0.3) is 0 Å². The van der Waals surface area contributed by atoms with Gasteiger partial charge in [-0.05, 0) is 88.9 Å².